The van der Waals surface area contributed by atoms with E-state index in [1.54, 1.807) is 98.8 Å². The number of hydrogen-bond acceptors (Lipinski definition) is 14. The monoisotopic (exact) mass is 1180 g/mol. The predicted molar refractivity (Wildman–Crippen MR) is 309 cm³/mol. The van der Waals surface area contributed by atoms with Gasteiger partial charge in [-0.2, -0.15) is 0 Å². The first-order chi connectivity index (χ1) is 40.0. The van der Waals surface area contributed by atoms with Gasteiger partial charge in [-0.05, 0) is 75.5 Å². The highest BCUT2D eigenvalue weighted by Gasteiger charge is 2.41. The summed E-state index contributed by atoms with van der Waals surface area (Å²) < 4.78 is 0. The standard InChI is InChI=1S/C59H81N11O15/c1-32(2)46(67-52(78)41(30-45(73)74)64-55(81)48(35(6)71)68-58(85)59(7,8)69-56(82)47(33(3)4)66-50(76)39(60)27-36-19-12-9-13-20-36)54(80)61-31-44(72)70-26-18-25-43(70)53(79)63-40(28-37-21-14-10-15-22-37)51(77)62-34(5)49(75)65-42(57(83)84)29-38-23-16-11-17-24-38/h9-17,19-24,32-35,39-43,46-48,71H,18,25-31,60H2,1-8H3,(H,61,80)(H,62,77)(H,63,79)(H,64,81)(H,65,75)(H,66,76)(H,67,78)(H,68,85)(H,69,82)(H,73,74)(H,83,84)/t34-,35+,39-,40-,41-,42-,43-,46-,47-,48-/m0/s1. The lowest BCUT2D eigenvalue weighted by Crippen LogP contribution is -2.65. The lowest BCUT2D eigenvalue weighted by atomic mass is 9.98. The van der Waals surface area contributed by atoms with E-state index in [0.29, 0.717) is 17.5 Å². The van der Waals surface area contributed by atoms with Crippen LogP contribution in [0.15, 0.2) is 91.0 Å². The average Bonchev–Trinajstić information content (AvgIpc) is 4.13. The van der Waals surface area contributed by atoms with Crippen molar-refractivity contribution in [1.82, 2.24) is 52.8 Å². The third-order valence-electron chi connectivity index (χ3n) is 14.1. The van der Waals surface area contributed by atoms with Gasteiger partial charge in [-0.1, -0.05) is 119 Å². The van der Waals surface area contributed by atoms with Crippen LogP contribution in [-0.4, -0.2) is 170 Å². The molecule has 1 fully saturated rings. The fraction of sp³-hybridized carbons (Fsp3) is 0.492. The van der Waals surface area contributed by atoms with Crippen molar-refractivity contribution in [3.8, 4) is 0 Å². The van der Waals surface area contributed by atoms with Gasteiger partial charge < -0.3 is 73.8 Å². The Kier molecular flexibility index (Phi) is 26.1. The zero-order valence-corrected chi connectivity index (χ0v) is 49.0. The Morgan fingerprint density at radius 2 is 1.04 bits per heavy atom. The van der Waals surface area contributed by atoms with Gasteiger partial charge in [0, 0.05) is 19.4 Å². The number of nitrogens with zero attached hydrogens (tertiary/aromatic N) is 1. The van der Waals surface area contributed by atoms with E-state index in [9.17, 15) is 72.9 Å². The number of aliphatic hydroxyl groups excluding tert-OH is 1. The van der Waals surface area contributed by atoms with Crippen molar-refractivity contribution < 1.29 is 72.9 Å². The lowest BCUT2D eigenvalue weighted by molar-refractivity contribution is -0.143. The van der Waals surface area contributed by atoms with E-state index in [4.69, 9.17) is 5.73 Å². The molecule has 14 N–H and O–H groups in total. The smallest absolute Gasteiger partial charge is 0.326 e. The van der Waals surface area contributed by atoms with E-state index in [0.717, 1.165) is 12.5 Å². The molecule has 85 heavy (non-hydrogen) atoms. The molecule has 26 nitrogen and oxygen atoms in total. The van der Waals surface area contributed by atoms with Crippen LogP contribution in [0.1, 0.15) is 91.3 Å². The number of carbonyl (C=O) groups is 12. The highest BCUT2D eigenvalue weighted by Crippen LogP contribution is 2.19. The van der Waals surface area contributed by atoms with Crippen LogP contribution in [0.25, 0.3) is 0 Å². The van der Waals surface area contributed by atoms with Gasteiger partial charge in [0.2, 0.25) is 59.1 Å². The van der Waals surface area contributed by atoms with Crippen LogP contribution >= 0.6 is 0 Å². The summed E-state index contributed by atoms with van der Waals surface area (Å²) in [4.78, 5) is 162. The molecule has 0 radical (unpaired) electrons. The minimum absolute atomic E-state index is 0.0240. The van der Waals surface area contributed by atoms with Gasteiger partial charge in [0.05, 0.1) is 25.1 Å². The second kappa shape index (κ2) is 32.3. The quantitative estimate of drug-likeness (QED) is 0.0356. The van der Waals surface area contributed by atoms with E-state index in [1.807, 2.05) is 6.07 Å². The number of amides is 10. The molecule has 3 aromatic carbocycles. The minimum Gasteiger partial charge on any atom is -0.481 e. The van der Waals surface area contributed by atoms with Crippen molar-refractivity contribution in [2.75, 3.05) is 13.1 Å². The predicted octanol–water partition coefficient (Wildman–Crippen LogP) is -1.29. The Morgan fingerprint density at radius 3 is 1.54 bits per heavy atom. The summed E-state index contributed by atoms with van der Waals surface area (Å²) in [5.74, 6) is -12.7. The number of likely N-dealkylation sites (tertiary alicyclic amines) is 1. The van der Waals surface area contributed by atoms with Crippen LogP contribution in [0.2, 0.25) is 0 Å². The third kappa shape index (κ3) is 21.4. The van der Waals surface area contributed by atoms with Crippen molar-refractivity contribution in [2.45, 2.75) is 160 Å². The van der Waals surface area contributed by atoms with Crippen LogP contribution in [0.3, 0.4) is 0 Å². The number of nitrogens with two attached hydrogens (primary N) is 1. The van der Waals surface area contributed by atoms with Crippen molar-refractivity contribution in [3.05, 3.63) is 108 Å². The number of carbonyl (C=O) groups excluding carboxylic acids is 10. The molecular formula is C59H81N11O15. The SMILES string of the molecule is CC(C)[C@H](NC(=O)[C@H](CC(=O)O)NC(=O)[C@@H](NC(=O)C(C)(C)NC(=O)[C@@H](NC(=O)[C@@H](N)Cc1ccccc1)C(C)C)[C@@H](C)O)C(=O)NCC(=O)N1CCC[C@H]1C(=O)N[C@@H](Cc1ccccc1)C(=O)N[C@@H](C)C(=O)N[C@@H](Cc1ccccc1)C(=O)O. The van der Waals surface area contributed by atoms with Crippen molar-refractivity contribution in [1.29, 1.82) is 0 Å². The van der Waals surface area contributed by atoms with Gasteiger partial charge in [0.1, 0.15) is 53.9 Å². The molecule has 1 heterocycles. The molecule has 1 saturated heterocycles. The van der Waals surface area contributed by atoms with Crippen LogP contribution in [0.5, 0.6) is 0 Å². The Morgan fingerprint density at radius 1 is 0.553 bits per heavy atom. The van der Waals surface area contributed by atoms with Gasteiger partial charge in [-0.15, -0.1) is 0 Å². The molecule has 4 rings (SSSR count). The van der Waals surface area contributed by atoms with Crippen LogP contribution < -0.4 is 53.6 Å². The second-order valence-electron chi connectivity index (χ2n) is 22.3. The summed E-state index contributed by atoms with van der Waals surface area (Å²) in [6.07, 6.45) is -2.05. The van der Waals surface area contributed by atoms with Crippen LogP contribution in [0, 0.1) is 11.8 Å². The van der Waals surface area contributed by atoms with Gasteiger partial charge in [-0.25, -0.2) is 4.79 Å². The molecule has 26 heteroatoms. The fourth-order valence-electron chi connectivity index (χ4n) is 9.12. The molecule has 10 atom stereocenters. The Bertz CT molecular complexity index is 2840. The number of nitrogens with one attached hydrogen (secondary N) is 9. The molecule has 0 aromatic heterocycles. The summed E-state index contributed by atoms with van der Waals surface area (Å²) in [6, 6.07) is 13.9. The number of aliphatic carboxylic acids is 2. The van der Waals surface area contributed by atoms with E-state index in [1.165, 1.54) is 39.5 Å². The van der Waals surface area contributed by atoms with Crippen molar-refractivity contribution in [2.24, 2.45) is 17.6 Å². The fourth-order valence-corrected chi connectivity index (χ4v) is 9.12. The van der Waals surface area contributed by atoms with E-state index in [-0.39, 0.29) is 32.2 Å². The van der Waals surface area contributed by atoms with Gasteiger partial charge in [0.15, 0.2) is 0 Å². The van der Waals surface area contributed by atoms with Gasteiger partial charge in [-0.3, -0.25) is 52.7 Å². The summed E-state index contributed by atoms with van der Waals surface area (Å²) in [7, 11) is 0. The van der Waals surface area contributed by atoms with Crippen molar-refractivity contribution >= 4 is 71.0 Å². The molecule has 1 aliphatic heterocycles. The highest BCUT2D eigenvalue weighted by molar-refractivity contribution is 6.00. The summed E-state index contributed by atoms with van der Waals surface area (Å²) in [5.41, 5.74) is 6.42. The van der Waals surface area contributed by atoms with E-state index >= 15 is 0 Å². The lowest BCUT2D eigenvalue weighted by Gasteiger charge is -2.32. The molecule has 0 bridgehead atoms. The van der Waals surface area contributed by atoms with Crippen LogP contribution in [0.4, 0.5) is 0 Å². The Balaban J connectivity index is 1.38. The maximum Gasteiger partial charge on any atom is 0.326 e. The average molecular weight is 1180 g/mol. The second-order valence-corrected chi connectivity index (χ2v) is 22.3. The van der Waals surface area contributed by atoms with E-state index in [2.05, 4.69) is 47.9 Å². The molecule has 0 spiro atoms. The first-order valence-electron chi connectivity index (χ1n) is 28.0. The maximum atomic E-state index is 14.0. The molecule has 10 amide bonds. The summed E-state index contributed by atoms with van der Waals surface area (Å²) >= 11 is 0. The van der Waals surface area contributed by atoms with Crippen LogP contribution in [-0.2, 0) is 76.8 Å². The summed E-state index contributed by atoms with van der Waals surface area (Å²) in [5, 5.41) is 52.6. The molecule has 0 saturated carbocycles. The number of rotatable bonds is 31. The highest BCUT2D eigenvalue weighted by atomic mass is 16.4. The number of carboxylic acid groups (broad SMARTS) is 2. The third-order valence-corrected chi connectivity index (χ3v) is 14.1. The number of carboxylic acids is 2. The first-order valence-corrected chi connectivity index (χ1v) is 28.0. The van der Waals surface area contributed by atoms with E-state index < -0.39 is 162 Å². The largest absolute Gasteiger partial charge is 0.481 e. The minimum atomic E-state index is -1.90. The maximum absolute atomic E-state index is 14.0. The normalized spacial score (nSPS) is 16.3. The molecule has 0 unspecified atom stereocenters. The molecule has 1 aliphatic rings. The zero-order chi connectivity index (χ0) is 63.3. The Hall–Kier alpha value is -8.78. The van der Waals surface area contributed by atoms with Gasteiger partial charge in [0.25, 0.3) is 0 Å². The summed E-state index contributed by atoms with van der Waals surface area (Å²) in [6.45, 7) is 10.9. The zero-order valence-electron chi connectivity index (χ0n) is 49.0. The number of hydrogen-bond donors (Lipinski definition) is 13. The first kappa shape index (κ1) is 68.7. The van der Waals surface area contributed by atoms with Crippen molar-refractivity contribution in [3.63, 3.8) is 0 Å². The molecule has 462 valence electrons. The molecular weight excluding hydrogens is 1100 g/mol. The molecule has 0 aliphatic carbocycles. The molecule has 3 aromatic rings. The number of benzene rings is 3. The van der Waals surface area contributed by atoms with Gasteiger partial charge >= 0.3 is 11.9 Å². The topological polar surface area (TPSA) is 403 Å². The Labute approximate surface area is 493 Å². The number of aliphatic hydroxyl groups is 1.